The van der Waals surface area contributed by atoms with Gasteiger partial charge in [-0.25, -0.2) is 0 Å². The summed E-state index contributed by atoms with van der Waals surface area (Å²) in [7, 11) is -4.18. The maximum atomic E-state index is 2.66. The van der Waals surface area contributed by atoms with Crippen LogP contribution in [-0.4, -0.2) is 16.1 Å². The molecule has 0 N–H and O–H groups in total. The van der Waals surface area contributed by atoms with E-state index in [0.717, 1.165) is 0 Å². The van der Waals surface area contributed by atoms with E-state index in [9.17, 15) is 0 Å². The van der Waals surface area contributed by atoms with Gasteiger partial charge < -0.3 is 9.80 Å². The van der Waals surface area contributed by atoms with Crippen molar-refractivity contribution in [2.75, 3.05) is 9.80 Å². The summed E-state index contributed by atoms with van der Waals surface area (Å²) in [6.07, 6.45) is 0. The highest BCUT2D eigenvalue weighted by molar-refractivity contribution is 7.00. The van der Waals surface area contributed by atoms with Gasteiger partial charge in [0.25, 0.3) is 0 Å². The van der Waals surface area contributed by atoms with Crippen molar-refractivity contribution in [3.8, 4) is 11.1 Å². The van der Waals surface area contributed by atoms with E-state index in [1.807, 2.05) is 0 Å². The van der Waals surface area contributed by atoms with Crippen LogP contribution in [0.15, 0.2) is 146 Å². The molecule has 306 valence electrons. The first-order valence-corrected chi connectivity index (χ1v) is 29.0. The van der Waals surface area contributed by atoms with Gasteiger partial charge in [-0.05, 0) is 157 Å². The molecule has 0 amide bonds. The molecule has 0 aliphatic heterocycles. The van der Waals surface area contributed by atoms with Crippen LogP contribution in [-0.2, 0) is 4.66 Å². The van der Waals surface area contributed by atoms with Crippen LogP contribution in [0.3, 0.4) is 0 Å². The average Bonchev–Trinajstić information content (AvgIpc) is 3.55. The minimum absolute atomic E-state index is 0.0884. The third kappa shape index (κ3) is 6.49. The maximum absolute atomic E-state index is 2.66. The Hall–Kier alpha value is -5.69. The summed E-state index contributed by atoms with van der Waals surface area (Å²) in [4.78, 5) is 5.02. The Labute approximate surface area is 366 Å². The van der Waals surface area contributed by atoms with E-state index in [2.05, 4.69) is 236 Å². The molecule has 2 nitrogen and oxygen atoms in total. The molecule has 4 heteroatoms. The molecule has 8 aromatic carbocycles. The molecule has 0 heterocycles. The second-order valence-corrected chi connectivity index (χ2v) is 30.9. The minimum atomic E-state index is -2.09. The molecule has 8 aromatic rings. The van der Waals surface area contributed by atoms with Gasteiger partial charge in [0, 0.05) is 38.5 Å². The van der Waals surface area contributed by atoms with Crippen molar-refractivity contribution < 1.29 is 0 Å². The monoisotopic (exact) mass is 828 g/mol. The van der Waals surface area contributed by atoms with Crippen LogP contribution in [0, 0.1) is 41.5 Å². The fraction of sp³-hybridized carbons (Fsp3) is 0.228. The van der Waals surface area contributed by atoms with Crippen LogP contribution in [0.25, 0.3) is 32.7 Å². The zero-order valence-electron chi connectivity index (χ0n) is 38.3. The zero-order chi connectivity index (χ0) is 43.2. The summed E-state index contributed by atoms with van der Waals surface area (Å²) in [6, 6.07) is 56.0. The van der Waals surface area contributed by atoms with Crippen LogP contribution < -0.4 is 9.80 Å². The lowest BCUT2D eigenvalue weighted by molar-refractivity contribution is 0.962. The standard InChI is InChI=1S/C57H60N2Si2/c1-37-19-26-44(27-20-37)58(52-33-39(3)17-23-41(52)5)46-30-32-47-43(35-46)25-31-50-55-49-16-14-13-15-48(49)54(36-51(55)57(56(47)50,60(7,8)9)61(10,11)12)59(45-28-21-38(2)22-29-45)53-34-40(4)18-24-42(53)6/h13-36H,1-12H3. The Bertz CT molecular complexity index is 2990. The van der Waals surface area contributed by atoms with Gasteiger partial charge in [0.2, 0.25) is 0 Å². The lowest BCUT2D eigenvalue weighted by Crippen LogP contribution is -2.63. The van der Waals surface area contributed by atoms with Crippen molar-refractivity contribution in [1.82, 2.24) is 0 Å². The number of benzene rings is 8. The van der Waals surface area contributed by atoms with Gasteiger partial charge in [0.1, 0.15) is 0 Å². The molecule has 61 heavy (non-hydrogen) atoms. The third-order valence-corrected chi connectivity index (χ3v) is 23.7. The molecule has 0 bridgehead atoms. The molecule has 9 rings (SSSR count). The lowest BCUT2D eigenvalue weighted by atomic mass is 9.94. The van der Waals surface area contributed by atoms with Gasteiger partial charge in [-0.1, -0.05) is 141 Å². The molecule has 1 aliphatic carbocycles. The van der Waals surface area contributed by atoms with Crippen LogP contribution in [0.5, 0.6) is 0 Å². The van der Waals surface area contributed by atoms with Crippen molar-refractivity contribution in [2.45, 2.75) is 85.5 Å². The first-order chi connectivity index (χ1) is 29.0. The van der Waals surface area contributed by atoms with E-state index in [1.54, 1.807) is 5.56 Å². The van der Waals surface area contributed by atoms with Crippen molar-refractivity contribution in [3.63, 3.8) is 0 Å². The Morgan fingerprint density at radius 3 is 1.44 bits per heavy atom. The van der Waals surface area contributed by atoms with Crippen LogP contribution >= 0.6 is 0 Å². The number of nitrogens with zero attached hydrogens (tertiary/aromatic N) is 2. The number of hydrogen-bond acceptors (Lipinski definition) is 2. The number of fused-ring (bicyclic) bond motifs is 7. The van der Waals surface area contributed by atoms with E-state index in [-0.39, 0.29) is 4.66 Å². The average molecular weight is 829 g/mol. The highest BCUT2D eigenvalue weighted by Crippen LogP contribution is 2.62. The van der Waals surface area contributed by atoms with Crippen LogP contribution in [0.1, 0.15) is 44.5 Å². The van der Waals surface area contributed by atoms with Crippen molar-refractivity contribution in [3.05, 3.63) is 190 Å². The number of anilines is 6. The highest BCUT2D eigenvalue weighted by Gasteiger charge is 2.60. The van der Waals surface area contributed by atoms with E-state index in [0.29, 0.717) is 0 Å². The fourth-order valence-electron chi connectivity index (χ4n) is 11.2. The summed E-state index contributed by atoms with van der Waals surface area (Å²) in [5.74, 6) is 0. The normalized spacial score (nSPS) is 13.4. The van der Waals surface area contributed by atoms with E-state index in [4.69, 9.17) is 0 Å². The minimum Gasteiger partial charge on any atom is -0.310 e. The predicted molar refractivity (Wildman–Crippen MR) is 272 cm³/mol. The lowest BCUT2D eigenvalue weighted by Gasteiger charge is -2.52. The largest absolute Gasteiger partial charge is 0.310 e. The number of hydrogen-bond donors (Lipinski definition) is 0. The summed E-state index contributed by atoms with van der Waals surface area (Å²) in [6.45, 7) is 29.1. The Balaban J connectivity index is 1.36. The van der Waals surface area contributed by atoms with E-state index in [1.165, 1.54) is 106 Å². The first-order valence-electron chi connectivity index (χ1n) is 22.0. The third-order valence-electron chi connectivity index (χ3n) is 13.6. The second kappa shape index (κ2) is 14.7. The molecule has 1 aliphatic rings. The fourth-order valence-corrected chi connectivity index (χ4v) is 24.2. The Morgan fingerprint density at radius 1 is 0.393 bits per heavy atom. The van der Waals surface area contributed by atoms with Crippen molar-refractivity contribution in [2.24, 2.45) is 0 Å². The number of aryl methyl sites for hydroxylation is 6. The summed E-state index contributed by atoms with van der Waals surface area (Å²) < 4.78 is -0.0884. The SMILES string of the molecule is Cc1ccc(N(c2ccc3c4c(ccc3c2)-c2c(cc(N(c3ccc(C)cc3)c3cc(C)ccc3C)c3ccccc23)C4([Si](C)(C)C)[Si](C)(C)C)c2cc(C)ccc2C)cc1. The van der Waals surface area contributed by atoms with E-state index < -0.39 is 16.1 Å². The molecule has 0 fully saturated rings. The van der Waals surface area contributed by atoms with E-state index >= 15 is 0 Å². The molecule has 0 atom stereocenters. The second-order valence-electron chi connectivity index (χ2n) is 19.9. The van der Waals surface area contributed by atoms with Gasteiger partial charge >= 0.3 is 0 Å². The van der Waals surface area contributed by atoms with Crippen LogP contribution in [0.4, 0.5) is 34.1 Å². The zero-order valence-corrected chi connectivity index (χ0v) is 40.3. The van der Waals surface area contributed by atoms with Gasteiger partial charge in [-0.15, -0.1) is 0 Å². The molecule has 0 spiro atoms. The molecule has 0 unspecified atom stereocenters. The van der Waals surface area contributed by atoms with Gasteiger partial charge in [0.05, 0.1) is 21.8 Å². The molecule has 0 saturated heterocycles. The molecular formula is C57H60N2Si2. The Morgan fingerprint density at radius 2 is 0.885 bits per heavy atom. The van der Waals surface area contributed by atoms with Gasteiger partial charge in [-0.2, -0.15) is 0 Å². The molecule has 0 radical (unpaired) electrons. The summed E-state index contributed by atoms with van der Waals surface area (Å²) in [5.41, 5.74) is 20.8. The summed E-state index contributed by atoms with van der Waals surface area (Å²) in [5, 5.41) is 5.32. The smallest absolute Gasteiger partial charge is 0.0579 e. The van der Waals surface area contributed by atoms with Gasteiger partial charge in [-0.3, -0.25) is 0 Å². The van der Waals surface area contributed by atoms with Crippen molar-refractivity contribution >= 4 is 71.8 Å². The van der Waals surface area contributed by atoms with Gasteiger partial charge in [0.15, 0.2) is 0 Å². The quantitative estimate of drug-likeness (QED) is 0.141. The molecular weight excluding hydrogens is 769 g/mol. The van der Waals surface area contributed by atoms with Crippen LogP contribution in [0.2, 0.25) is 39.3 Å². The summed E-state index contributed by atoms with van der Waals surface area (Å²) >= 11 is 0. The number of rotatable bonds is 8. The first kappa shape index (κ1) is 40.7. The molecule has 0 saturated carbocycles. The highest BCUT2D eigenvalue weighted by atomic mass is 28.4. The topological polar surface area (TPSA) is 6.48 Å². The van der Waals surface area contributed by atoms with Crippen molar-refractivity contribution in [1.29, 1.82) is 0 Å². The maximum Gasteiger partial charge on any atom is 0.0579 e. The Kier molecular flexibility index (Phi) is 9.84. The molecule has 0 aromatic heterocycles. The predicted octanol–water partition coefficient (Wildman–Crippen LogP) is 16.8.